The molecule has 0 saturated heterocycles. The summed E-state index contributed by atoms with van der Waals surface area (Å²) in [7, 11) is 0. The van der Waals surface area contributed by atoms with Gasteiger partial charge in [0.25, 0.3) is 0 Å². The largest absolute Gasteiger partial charge is 0.354 e. The van der Waals surface area contributed by atoms with Gasteiger partial charge in [0.15, 0.2) is 0 Å². The highest BCUT2D eigenvalue weighted by Gasteiger charge is 2.08. The van der Waals surface area contributed by atoms with Crippen LogP contribution in [0.3, 0.4) is 0 Å². The van der Waals surface area contributed by atoms with Gasteiger partial charge in [0, 0.05) is 18.5 Å². The molecule has 2 aromatic heterocycles. The molecule has 0 spiro atoms. The number of amides is 1. The first-order chi connectivity index (χ1) is 8.29. The quantitative estimate of drug-likeness (QED) is 0.862. The number of nitrogens with two attached hydrogens (primary N) is 1. The van der Waals surface area contributed by atoms with E-state index in [1.165, 1.54) is 0 Å². The molecular weight excluding hydrogens is 254 g/mol. The molecule has 17 heavy (non-hydrogen) atoms. The third kappa shape index (κ3) is 3.36. The molecule has 2 heterocycles. The van der Waals surface area contributed by atoms with E-state index in [-0.39, 0.29) is 5.91 Å². The number of carbonyl (C=O) groups is 1. The average molecular weight is 267 g/mol. The van der Waals surface area contributed by atoms with Crippen molar-refractivity contribution in [2.24, 2.45) is 5.73 Å². The molecule has 0 fully saturated rings. The molecule has 3 N–H and O–H groups in total. The van der Waals surface area contributed by atoms with Gasteiger partial charge in [-0.1, -0.05) is 6.07 Å². The zero-order chi connectivity index (χ0) is 12.1. The van der Waals surface area contributed by atoms with Crippen molar-refractivity contribution in [3.05, 3.63) is 28.6 Å². The molecule has 0 unspecified atom stereocenters. The highest BCUT2D eigenvalue weighted by molar-refractivity contribution is 7.20. The lowest BCUT2D eigenvalue weighted by atomic mass is 10.3. The zero-order valence-electron chi connectivity index (χ0n) is 9.18. The Kier molecular flexibility index (Phi) is 4.24. The monoisotopic (exact) mass is 267 g/mol. The molecule has 0 bridgehead atoms. The van der Waals surface area contributed by atoms with Gasteiger partial charge in [-0.2, -0.15) is 0 Å². The van der Waals surface area contributed by atoms with Gasteiger partial charge < -0.3 is 11.1 Å². The second kappa shape index (κ2) is 5.90. The van der Waals surface area contributed by atoms with E-state index in [4.69, 9.17) is 5.73 Å². The molecule has 6 heteroatoms. The third-order valence-corrected chi connectivity index (χ3v) is 4.02. The fourth-order valence-corrected chi connectivity index (χ4v) is 2.97. The molecule has 0 saturated carbocycles. The second-order valence-electron chi connectivity index (χ2n) is 3.44. The Morgan fingerprint density at radius 1 is 1.47 bits per heavy atom. The number of aromatic nitrogens is 1. The van der Waals surface area contributed by atoms with E-state index >= 15 is 0 Å². The molecule has 4 nitrogen and oxygen atoms in total. The molecule has 0 aromatic carbocycles. The van der Waals surface area contributed by atoms with Crippen molar-refractivity contribution in [2.75, 3.05) is 13.1 Å². The minimum Gasteiger partial charge on any atom is -0.354 e. The molecular formula is C11H13N3OS2. The summed E-state index contributed by atoms with van der Waals surface area (Å²) >= 11 is 3.22. The molecule has 0 aliphatic carbocycles. The number of hydrogen-bond acceptors (Lipinski definition) is 5. The maximum atomic E-state index is 11.5. The number of thiazole rings is 1. The lowest BCUT2D eigenvalue weighted by Crippen LogP contribution is -2.30. The van der Waals surface area contributed by atoms with Crippen LogP contribution >= 0.6 is 22.7 Å². The van der Waals surface area contributed by atoms with E-state index in [0.29, 0.717) is 19.5 Å². The first kappa shape index (κ1) is 12.2. The van der Waals surface area contributed by atoms with Crippen molar-refractivity contribution in [1.82, 2.24) is 10.3 Å². The van der Waals surface area contributed by atoms with Crippen molar-refractivity contribution in [3.8, 4) is 9.88 Å². The standard InChI is InChI=1S/C11H13N3OS2/c12-3-4-13-10(15)6-8-7-17-11(14-8)9-2-1-5-16-9/h1-2,5,7H,3-4,6,12H2,(H,13,15). The summed E-state index contributed by atoms with van der Waals surface area (Å²) in [6, 6.07) is 4.02. The summed E-state index contributed by atoms with van der Waals surface area (Å²) < 4.78 is 0. The van der Waals surface area contributed by atoms with Crippen LogP contribution in [-0.4, -0.2) is 24.0 Å². The highest BCUT2D eigenvalue weighted by atomic mass is 32.1. The molecule has 0 radical (unpaired) electrons. The number of carbonyl (C=O) groups excluding carboxylic acids is 1. The summed E-state index contributed by atoms with van der Waals surface area (Å²) in [4.78, 5) is 17.0. The topological polar surface area (TPSA) is 68.0 Å². The van der Waals surface area contributed by atoms with Gasteiger partial charge in [0.05, 0.1) is 17.0 Å². The fraction of sp³-hybridized carbons (Fsp3) is 0.273. The normalized spacial score (nSPS) is 10.4. The van der Waals surface area contributed by atoms with Crippen LogP contribution in [0.1, 0.15) is 5.69 Å². The van der Waals surface area contributed by atoms with Gasteiger partial charge in [-0.05, 0) is 11.4 Å². The summed E-state index contributed by atoms with van der Waals surface area (Å²) in [6.07, 6.45) is 0.321. The van der Waals surface area contributed by atoms with Gasteiger partial charge in [0.1, 0.15) is 5.01 Å². The first-order valence-electron chi connectivity index (χ1n) is 5.24. The molecule has 2 aromatic rings. The Morgan fingerprint density at radius 2 is 2.35 bits per heavy atom. The lowest BCUT2D eigenvalue weighted by molar-refractivity contribution is -0.120. The summed E-state index contributed by atoms with van der Waals surface area (Å²) in [5.74, 6) is -0.0292. The number of thiophene rings is 1. The molecule has 90 valence electrons. The lowest BCUT2D eigenvalue weighted by Gasteiger charge is -2.00. The number of nitrogens with one attached hydrogen (secondary N) is 1. The molecule has 0 atom stereocenters. The van der Waals surface area contributed by atoms with Gasteiger partial charge in [-0.15, -0.1) is 22.7 Å². The predicted octanol–water partition coefficient (Wildman–Crippen LogP) is 1.49. The first-order valence-corrected chi connectivity index (χ1v) is 7.00. The highest BCUT2D eigenvalue weighted by Crippen LogP contribution is 2.27. The second-order valence-corrected chi connectivity index (χ2v) is 5.24. The minimum absolute atomic E-state index is 0.0292. The van der Waals surface area contributed by atoms with E-state index in [1.54, 1.807) is 22.7 Å². The maximum Gasteiger partial charge on any atom is 0.226 e. The third-order valence-electron chi connectivity index (χ3n) is 2.09. The Bertz CT molecular complexity index is 479. The Morgan fingerprint density at radius 3 is 3.06 bits per heavy atom. The van der Waals surface area contributed by atoms with Crippen LogP contribution in [0.2, 0.25) is 0 Å². The van der Waals surface area contributed by atoms with Crippen molar-refractivity contribution >= 4 is 28.6 Å². The Hall–Kier alpha value is -1.24. The number of rotatable bonds is 5. The van der Waals surface area contributed by atoms with E-state index in [1.807, 2.05) is 22.9 Å². The molecule has 2 rings (SSSR count). The van der Waals surface area contributed by atoms with E-state index in [2.05, 4.69) is 10.3 Å². The van der Waals surface area contributed by atoms with Crippen molar-refractivity contribution in [2.45, 2.75) is 6.42 Å². The zero-order valence-corrected chi connectivity index (χ0v) is 10.8. The maximum absolute atomic E-state index is 11.5. The summed E-state index contributed by atoms with van der Waals surface area (Å²) in [5, 5.41) is 7.65. The van der Waals surface area contributed by atoms with Crippen LogP contribution < -0.4 is 11.1 Å². The predicted molar refractivity (Wildman–Crippen MR) is 71.2 cm³/mol. The fourth-order valence-electron chi connectivity index (χ4n) is 1.34. The smallest absolute Gasteiger partial charge is 0.226 e. The average Bonchev–Trinajstić information content (AvgIpc) is 2.95. The molecule has 1 amide bonds. The van der Waals surface area contributed by atoms with Gasteiger partial charge in [-0.25, -0.2) is 4.98 Å². The van der Waals surface area contributed by atoms with Crippen LogP contribution in [0.25, 0.3) is 9.88 Å². The number of nitrogens with zero attached hydrogens (tertiary/aromatic N) is 1. The van der Waals surface area contributed by atoms with Crippen molar-refractivity contribution < 1.29 is 4.79 Å². The van der Waals surface area contributed by atoms with Gasteiger partial charge in [-0.3, -0.25) is 4.79 Å². The summed E-state index contributed by atoms with van der Waals surface area (Å²) in [5.41, 5.74) is 6.12. The van der Waals surface area contributed by atoms with Crippen LogP contribution in [0.15, 0.2) is 22.9 Å². The minimum atomic E-state index is -0.0292. The van der Waals surface area contributed by atoms with E-state index < -0.39 is 0 Å². The van der Waals surface area contributed by atoms with Gasteiger partial charge >= 0.3 is 0 Å². The molecule has 0 aliphatic heterocycles. The summed E-state index contributed by atoms with van der Waals surface area (Å²) in [6.45, 7) is 0.976. The van der Waals surface area contributed by atoms with Crippen LogP contribution in [0, 0.1) is 0 Å². The van der Waals surface area contributed by atoms with Crippen LogP contribution in [0.5, 0.6) is 0 Å². The van der Waals surface area contributed by atoms with E-state index in [9.17, 15) is 4.79 Å². The van der Waals surface area contributed by atoms with Crippen molar-refractivity contribution in [1.29, 1.82) is 0 Å². The van der Waals surface area contributed by atoms with E-state index in [0.717, 1.165) is 15.6 Å². The van der Waals surface area contributed by atoms with Gasteiger partial charge in [0.2, 0.25) is 5.91 Å². The SMILES string of the molecule is NCCNC(=O)Cc1csc(-c2cccs2)n1. The number of hydrogen-bond donors (Lipinski definition) is 2. The van der Waals surface area contributed by atoms with Crippen LogP contribution in [0.4, 0.5) is 0 Å². The Balaban J connectivity index is 1.97. The molecule has 0 aliphatic rings. The Labute approximate surface area is 107 Å². The van der Waals surface area contributed by atoms with Crippen LogP contribution in [-0.2, 0) is 11.2 Å². The van der Waals surface area contributed by atoms with Crippen molar-refractivity contribution in [3.63, 3.8) is 0 Å².